The Morgan fingerprint density at radius 2 is 2.04 bits per heavy atom. The molecule has 1 aliphatic heterocycles. The average molecular weight is 367 g/mol. The first kappa shape index (κ1) is 17.6. The van der Waals surface area contributed by atoms with Crippen LogP contribution in [0.25, 0.3) is 5.69 Å². The van der Waals surface area contributed by atoms with Gasteiger partial charge in [0.05, 0.1) is 11.9 Å². The summed E-state index contributed by atoms with van der Waals surface area (Å²) in [5, 5.41) is 4.53. The van der Waals surface area contributed by atoms with Crippen molar-refractivity contribution in [1.82, 2.24) is 24.2 Å². The average Bonchev–Trinajstić information content (AvgIpc) is 2.99. The molecule has 1 fully saturated rings. The third-order valence-corrected chi connectivity index (χ3v) is 5.09. The fourth-order valence-corrected chi connectivity index (χ4v) is 3.75. The maximum Gasteiger partial charge on any atom is 0.350 e. The summed E-state index contributed by atoms with van der Waals surface area (Å²) in [4.78, 5) is 18.7. The zero-order chi connectivity index (χ0) is 18.8. The highest BCUT2D eigenvalue weighted by Crippen LogP contribution is 2.27. The third kappa shape index (κ3) is 3.55. The molecular weight excluding hydrogens is 345 g/mol. The number of benzene rings is 1. The molecule has 2 aromatic heterocycles. The van der Waals surface area contributed by atoms with Crippen LogP contribution in [0.5, 0.6) is 0 Å². The van der Waals surface area contributed by atoms with Gasteiger partial charge >= 0.3 is 5.69 Å². The Morgan fingerprint density at radius 3 is 2.81 bits per heavy atom. The van der Waals surface area contributed by atoms with Gasteiger partial charge in [0.25, 0.3) is 0 Å². The van der Waals surface area contributed by atoms with Gasteiger partial charge in [-0.2, -0.15) is 5.10 Å². The van der Waals surface area contributed by atoms with Gasteiger partial charge in [-0.1, -0.05) is 18.2 Å². The lowest BCUT2D eigenvalue weighted by molar-refractivity contribution is 0.193. The highest BCUT2D eigenvalue weighted by molar-refractivity contribution is 5.33. The molecular formula is C20H22FN5O. The molecule has 7 heteroatoms. The van der Waals surface area contributed by atoms with E-state index in [1.807, 2.05) is 30.3 Å². The molecule has 0 bridgehead atoms. The van der Waals surface area contributed by atoms with Gasteiger partial charge in [0, 0.05) is 37.8 Å². The van der Waals surface area contributed by atoms with E-state index in [-0.39, 0.29) is 17.4 Å². The lowest BCUT2D eigenvalue weighted by Gasteiger charge is -2.32. The molecule has 1 saturated heterocycles. The van der Waals surface area contributed by atoms with Crippen LogP contribution in [-0.4, -0.2) is 37.3 Å². The summed E-state index contributed by atoms with van der Waals surface area (Å²) in [7, 11) is 1.68. The molecule has 0 radical (unpaired) electrons. The Morgan fingerprint density at radius 1 is 1.22 bits per heavy atom. The molecule has 0 aliphatic carbocycles. The first-order valence-corrected chi connectivity index (χ1v) is 9.15. The van der Waals surface area contributed by atoms with E-state index in [4.69, 9.17) is 0 Å². The Labute approximate surface area is 156 Å². The Kier molecular flexibility index (Phi) is 4.85. The quantitative estimate of drug-likeness (QED) is 0.711. The summed E-state index contributed by atoms with van der Waals surface area (Å²) in [6.07, 6.45) is 4.81. The van der Waals surface area contributed by atoms with Crippen LogP contribution in [-0.2, 0) is 13.6 Å². The van der Waals surface area contributed by atoms with Crippen molar-refractivity contribution in [3.8, 4) is 5.69 Å². The highest BCUT2D eigenvalue weighted by Gasteiger charge is 2.28. The topological polar surface area (TPSA) is 56.0 Å². The number of pyridine rings is 1. The lowest BCUT2D eigenvalue weighted by Crippen LogP contribution is -2.35. The SMILES string of the molecule is Cn1nc([C@@H]2CCCN(Cc3ccncc3F)C2)n(-c2ccccc2)c1=O. The number of hydrogen-bond donors (Lipinski definition) is 0. The number of piperidine rings is 1. The van der Waals surface area contributed by atoms with Crippen molar-refractivity contribution in [2.45, 2.75) is 25.3 Å². The van der Waals surface area contributed by atoms with Crippen LogP contribution in [0.3, 0.4) is 0 Å². The molecule has 1 atom stereocenters. The molecule has 27 heavy (non-hydrogen) atoms. The molecule has 0 saturated carbocycles. The first-order chi connectivity index (χ1) is 13.1. The van der Waals surface area contributed by atoms with E-state index in [2.05, 4.69) is 15.0 Å². The van der Waals surface area contributed by atoms with E-state index in [9.17, 15) is 9.18 Å². The zero-order valence-electron chi connectivity index (χ0n) is 15.3. The summed E-state index contributed by atoms with van der Waals surface area (Å²) in [5.74, 6) is 0.616. The standard InChI is InChI=1S/C20H22FN5O/c1-24-20(27)26(17-7-3-2-4-8-17)19(23-24)16-6-5-11-25(14-16)13-15-9-10-22-12-18(15)21/h2-4,7-10,12,16H,5-6,11,13-14H2,1H3/t16-/m1/s1. The van der Waals surface area contributed by atoms with Crippen molar-refractivity contribution in [2.75, 3.05) is 13.1 Å². The third-order valence-electron chi connectivity index (χ3n) is 5.09. The van der Waals surface area contributed by atoms with Crippen LogP contribution in [0, 0.1) is 5.82 Å². The second-order valence-corrected chi connectivity index (χ2v) is 6.98. The minimum Gasteiger partial charge on any atom is -0.298 e. The van der Waals surface area contributed by atoms with Crippen molar-refractivity contribution in [3.63, 3.8) is 0 Å². The van der Waals surface area contributed by atoms with E-state index in [1.54, 1.807) is 23.9 Å². The van der Waals surface area contributed by atoms with Gasteiger partial charge in [0.15, 0.2) is 0 Å². The minimum absolute atomic E-state index is 0.123. The van der Waals surface area contributed by atoms with E-state index in [1.165, 1.54) is 10.9 Å². The number of halogens is 1. The smallest absolute Gasteiger partial charge is 0.298 e. The predicted molar refractivity (Wildman–Crippen MR) is 100 cm³/mol. The number of para-hydroxylation sites is 1. The van der Waals surface area contributed by atoms with E-state index < -0.39 is 0 Å². The Hall–Kier alpha value is -2.80. The second kappa shape index (κ2) is 7.44. The second-order valence-electron chi connectivity index (χ2n) is 6.98. The van der Waals surface area contributed by atoms with Crippen molar-refractivity contribution in [2.24, 2.45) is 7.05 Å². The first-order valence-electron chi connectivity index (χ1n) is 9.15. The highest BCUT2D eigenvalue weighted by atomic mass is 19.1. The van der Waals surface area contributed by atoms with Crippen molar-refractivity contribution >= 4 is 0 Å². The summed E-state index contributed by atoms with van der Waals surface area (Å²) in [6, 6.07) is 11.3. The van der Waals surface area contributed by atoms with E-state index in [0.717, 1.165) is 37.4 Å². The van der Waals surface area contributed by atoms with Gasteiger partial charge in [-0.25, -0.2) is 18.4 Å². The number of aromatic nitrogens is 4. The normalized spacial score (nSPS) is 17.9. The number of likely N-dealkylation sites (tertiary alicyclic amines) is 1. The predicted octanol–water partition coefficient (Wildman–Crippen LogP) is 2.48. The van der Waals surface area contributed by atoms with Gasteiger partial charge < -0.3 is 0 Å². The zero-order valence-corrected chi connectivity index (χ0v) is 15.3. The largest absolute Gasteiger partial charge is 0.350 e. The van der Waals surface area contributed by atoms with Gasteiger partial charge in [0.1, 0.15) is 11.6 Å². The summed E-state index contributed by atoms with van der Waals surface area (Å²) in [5.41, 5.74) is 1.32. The van der Waals surface area contributed by atoms with E-state index >= 15 is 0 Å². The van der Waals surface area contributed by atoms with Crippen molar-refractivity contribution < 1.29 is 4.39 Å². The van der Waals surface area contributed by atoms with Gasteiger partial charge in [-0.3, -0.25) is 9.88 Å². The lowest BCUT2D eigenvalue weighted by atomic mass is 9.96. The number of aryl methyl sites for hydroxylation is 1. The fraction of sp³-hybridized carbons (Fsp3) is 0.350. The van der Waals surface area contributed by atoms with Crippen LogP contribution in [0.4, 0.5) is 4.39 Å². The van der Waals surface area contributed by atoms with Crippen LogP contribution >= 0.6 is 0 Å². The minimum atomic E-state index is -0.279. The van der Waals surface area contributed by atoms with Crippen molar-refractivity contribution in [3.05, 3.63) is 76.5 Å². The molecule has 140 valence electrons. The Balaban J connectivity index is 1.62. The maximum absolute atomic E-state index is 14.0. The summed E-state index contributed by atoms with van der Waals surface area (Å²) >= 11 is 0. The molecule has 0 unspecified atom stereocenters. The summed E-state index contributed by atoms with van der Waals surface area (Å²) in [6.45, 7) is 2.18. The molecule has 6 nitrogen and oxygen atoms in total. The van der Waals surface area contributed by atoms with E-state index in [0.29, 0.717) is 12.1 Å². The Bertz CT molecular complexity index is 982. The van der Waals surface area contributed by atoms with Gasteiger partial charge in [-0.15, -0.1) is 0 Å². The summed E-state index contributed by atoms with van der Waals surface area (Å²) < 4.78 is 17.0. The molecule has 0 amide bonds. The molecule has 0 spiro atoms. The molecule has 0 N–H and O–H groups in total. The fourth-order valence-electron chi connectivity index (χ4n) is 3.75. The number of hydrogen-bond acceptors (Lipinski definition) is 4. The molecule has 3 heterocycles. The van der Waals surface area contributed by atoms with Crippen LogP contribution in [0.15, 0.2) is 53.6 Å². The maximum atomic E-state index is 14.0. The number of rotatable bonds is 4. The molecule has 3 aromatic rings. The monoisotopic (exact) mass is 367 g/mol. The van der Waals surface area contributed by atoms with Crippen LogP contribution in [0.2, 0.25) is 0 Å². The molecule has 1 aliphatic rings. The van der Waals surface area contributed by atoms with Crippen molar-refractivity contribution in [1.29, 1.82) is 0 Å². The van der Waals surface area contributed by atoms with Gasteiger partial charge in [0.2, 0.25) is 0 Å². The molecule has 4 rings (SSSR count). The number of nitrogens with zero attached hydrogens (tertiary/aromatic N) is 5. The molecule has 1 aromatic carbocycles. The van der Waals surface area contributed by atoms with Crippen LogP contribution in [0.1, 0.15) is 30.1 Å². The van der Waals surface area contributed by atoms with Gasteiger partial charge in [-0.05, 0) is 37.6 Å². The van der Waals surface area contributed by atoms with Crippen LogP contribution < -0.4 is 5.69 Å².